The summed E-state index contributed by atoms with van der Waals surface area (Å²) in [6, 6.07) is 0. The largest absolute Gasteiger partial charge is 0.465 e. The fraction of sp³-hybridized carbons (Fsp3) is 0.600. The van der Waals surface area contributed by atoms with Crippen molar-refractivity contribution in [3.8, 4) is 0 Å². The Morgan fingerprint density at radius 2 is 2.00 bits per heavy atom. The van der Waals surface area contributed by atoms with Crippen LogP contribution in [-0.2, 0) is 4.79 Å². The molecule has 0 atom stereocenters. The van der Waals surface area contributed by atoms with Gasteiger partial charge < -0.3 is 5.11 Å². The van der Waals surface area contributed by atoms with Gasteiger partial charge in [-0.05, 0) is 6.42 Å². The minimum absolute atomic E-state index is 0. The maximum absolute atomic E-state index is 10.6. The number of rotatable bonds is 0. The summed E-state index contributed by atoms with van der Waals surface area (Å²) in [4.78, 5) is 21.5. The number of carbonyl (C=O) groups excluding carboxylic acids is 1. The topological polar surface area (TPSA) is 57.6 Å². The number of likely N-dealkylation sites (tertiary alicyclic amines) is 1. The molecule has 1 aliphatic heterocycles. The fourth-order valence-corrected chi connectivity index (χ4v) is 0.850. The van der Waals surface area contributed by atoms with E-state index in [1.807, 2.05) is 0 Å². The van der Waals surface area contributed by atoms with Gasteiger partial charge in [-0.25, -0.2) is 9.69 Å². The van der Waals surface area contributed by atoms with Gasteiger partial charge in [0.25, 0.3) is 0 Å². The maximum atomic E-state index is 10.6. The minimum Gasteiger partial charge on any atom is -0.465 e. The Labute approximate surface area is 109 Å². The molecule has 1 N–H and O–H groups in total. The van der Waals surface area contributed by atoms with Gasteiger partial charge in [0, 0.05) is 72.1 Å². The second-order valence-electron chi connectivity index (χ2n) is 1.93. The maximum Gasteiger partial charge on any atom is 0.414 e. The van der Waals surface area contributed by atoms with Crippen LogP contribution in [0.3, 0.4) is 0 Å². The molecule has 0 saturated carbocycles. The van der Waals surface area contributed by atoms with Crippen LogP contribution >= 0.6 is 0 Å². The van der Waals surface area contributed by atoms with Gasteiger partial charge in [-0.15, -0.1) is 0 Å². The zero-order valence-corrected chi connectivity index (χ0v) is 10.8. The molecule has 0 unspecified atom stereocenters. The van der Waals surface area contributed by atoms with Gasteiger partial charge in [0.05, 0.1) is 0 Å². The molecule has 2 amide bonds. The Morgan fingerprint density at radius 3 is 2.18 bits per heavy atom. The summed E-state index contributed by atoms with van der Waals surface area (Å²) < 4.78 is 0. The van der Waals surface area contributed by atoms with Crippen molar-refractivity contribution in [3.05, 3.63) is 0 Å². The molecule has 0 aromatic rings. The molecule has 2 radical (unpaired) electrons. The summed E-state index contributed by atoms with van der Waals surface area (Å²) in [5.41, 5.74) is 0. The Kier molecular flexibility index (Phi) is 8.49. The van der Waals surface area contributed by atoms with E-state index in [9.17, 15) is 9.59 Å². The average Bonchev–Trinajstić information content (AvgIpc) is 2.13. The number of hydrogen-bond acceptors (Lipinski definition) is 2. The molecule has 6 heteroatoms. The Bertz CT molecular complexity index is 162. The van der Waals surface area contributed by atoms with Gasteiger partial charge in [-0.1, -0.05) is 0 Å². The minimum atomic E-state index is -1.13. The van der Waals surface area contributed by atoms with E-state index in [0.29, 0.717) is 19.4 Å². The molecule has 4 nitrogen and oxygen atoms in total. The summed E-state index contributed by atoms with van der Waals surface area (Å²) in [6.45, 7) is 0.369. The third kappa shape index (κ3) is 3.92. The molecule has 1 aliphatic rings. The van der Waals surface area contributed by atoms with Crippen molar-refractivity contribution in [2.45, 2.75) is 12.8 Å². The molecule has 0 aromatic heterocycles. The first kappa shape index (κ1) is 14.5. The molecule has 0 aromatic carbocycles. The standard InChI is InChI=1S/C5H7NO3.2Na/c7-4-2-1-3-6(4)5(8)9;;/h1-3H2,(H,8,9);;. The predicted molar refractivity (Wildman–Crippen MR) is 40.5 cm³/mol. The fourth-order valence-electron chi connectivity index (χ4n) is 0.850. The van der Waals surface area contributed by atoms with Crippen LogP contribution in [0.1, 0.15) is 12.8 Å². The zero-order valence-electron chi connectivity index (χ0n) is 6.83. The Hall–Kier alpha value is 0.940. The summed E-state index contributed by atoms with van der Waals surface area (Å²) in [6.07, 6.45) is -0.0743. The van der Waals surface area contributed by atoms with E-state index in [2.05, 4.69) is 0 Å². The van der Waals surface area contributed by atoms with Gasteiger partial charge in [0.1, 0.15) is 0 Å². The van der Waals surface area contributed by atoms with E-state index in [1.54, 1.807) is 0 Å². The van der Waals surface area contributed by atoms with Crippen molar-refractivity contribution in [1.82, 2.24) is 4.90 Å². The number of carboxylic acid groups (broad SMARTS) is 1. The van der Waals surface area contributed by atoms with E-state index >= 15 is 0 Å². The molecule has 1 heterocycles. The summed E-state index contributed by atoms with van der Waals surface area (Å²) in [7, 11) is 0. The molecule has 1 fully saturated rings. The van der Waals surface area contributed by atoms with Crippen LogP contribution in [-0.4, -0.2) is 87.7 Å². The van der Waals surface area contributed by atoms with E-state index in [1.165, 1.54) is 0 Å². The van der Waals surface area contributed by atoms with Crippen LogP contribution in [0.4, 0.5) is 4.79 Å². The van der Waals surface area contributed by atoms with Crippen LogP contribution in [0.2, 0.25) is 0 Å². The molecule has 0 bridgehead atoms. The number of imide groups is 1. The molecule has 11 heavy (non-hydrogen) atoms. The van der Waals surface area contributed by atoms with Crippen molar-refractivity contribution in [3.63, 3.8) is 0 Å². The first-order chi connectivity index (χ1) is 4.22. The van der Waals surface area contributed by atoms with Crippen molar-refractivity contribution >= 4 is 71.1 Å². The van der Waals surface area contributed by atoms with E-state index in [0.717, 1.165) is 4.90 Å². The third-order valence-electron chi connectivity index (χ3n) is 1.30. The predicted octanol–water partition coefficient (Wildman–Crippen LogP) is -0.475. The Morgan fingerprint density at radius 1 is 1.45 bits per heavy atom. The number of carbonyl (C=O) groups is 2. The van der Waals surface area contributed by atoms with Crippen LogP contribution in [0.15, 0.2) is 0 Å². The van der Waals surface area contributed by atoms with E-state index in [-0.39, 0.29) is 65.0 Å². The molecular formula is C5H7NNa2O3. The monoisotopic (exact) mass is 175 g/mol. The van der Waals surface area contributed by atoms with Crippen molar-refractivity contribution < 1.29 is 14.7 Å². The quantitative estimate of drug-likeness (QED) is 0.506. The van der Waals surface area contributed by atoms with Crippen molar-refractivity contribution in [2.24, 2.45) is 0 Å². The van der Waals surface area contributed by atoms with Gasteiger partial charge in [-0.3, -0.25) is 4.79 Å². The molecule has 52 valence electrons. The first-order valence-electron chi connectivity index (χ1n) is 2.75. The van der Waals surface area contributed by atoms with Gasteiger partial charge in [0.15, 0.2) is 0 Å². The second-order valence-corrected chi connectivity index (χ2v) is 1.93. The smallest absolute Gasteiger partial charge is 0.414 e. The van der Waals surface area contributed by atoms with Crippen molar-refractivity contribution in [2.75, 3.05) is 6.54 Å². The zero-order chi connectivity index (χ0) is 6.85. The van der Waals surface area contributed by atoms with Gasteiger partial charge >= 0.3 is 6.09 Å². The second kappa shape index (κ2) is 6.46. The number of nitrogens with zero attached hydrogens (tertiary/aromatic N) is 1. The number of amides is 2. The molecular weight excluding hydrogens is 168 g/mol. The Balaban J connectivity index is 0. The molecule has 1 rings (SSSR count). The SMILES string of the molecule is O=C(O)N1CCCC1=O.[Na].[Na]. The van der Waals surface area contributed by atoms with Crippen LogP contribution in [0.5, 0.6) is 0 Å². The van der Waals surface area contributed by atoms with E-state index < -0.39 is 6.09 Å². The molecule has 1 saturated heterocycles. The normalized spacial score (nSPS) is 15.3. The summed E-state index contributed by atoms with van der Waals surface area (Å²) in [5.74, 6) is -0.275. The number of hydrogen-bond donors (Lipinski definition) is 1. The third-order valence-corrected chi connectivity index (χ3v) is 1.30. The van der Waals surface area contributed by atoms with Gasteiger partial charge in [-0.2, -0.15) is 0 Å². The average molecular weight is 175 g/mol. The van der Waals surface area contributed by atoms with Crippen molar-refractivity contribution in [1.29, 1.82) is 0 Å². The van der Waals surface area contributed by atoms with E-state index in [4.69, 9.17) is 5.11 Å². The summed E-state index contributed by atoms with van der Waals surface area (Å²) >= 11 is 0. The summed E-state index contributed by atoms with van der Waals surface area (Å²) in [5, 5.41) is 8.29. The molecule has 0 aliphatic carbocycles. The van der Waals surface area contributed by atoms with Crippen LogP contribution < -0.4 is 0 Å². The van der Waals surface area contributed by atoms with Gasteiger partial charge in [0.2, 0.25) is 5.91 Å². The van der Waals surface area contributed by atoms with Crippen LogP contribution in [0, 0.1) is 0 Å². The molecule has 0 spiro atoms. The van der Waals surface area contributed by atoms with Crippen LogP contribution in [0.25, 0.3) is 0 Å². The first-order valence-corrected chi connectivity index (χ1v) is 2.75.